The van der Waals surface area contributed by atoms with E-state index in [4.69, 9.17) is 14.2 Å². The average Bonchev–Trinajstić information content (AvgIpc) is 3.00. The minimum atomic E-state index is -0.183. The fourth-order valence-corrected chi connectivity index (χ4v) is 7.90. The van der Waals surface area contributed by atoms with Crippen LogP contribution in [-0.2, 0) is 29.8 Å². The highest BCUT2D eigenvalue weighted by Crippen LogP contribution is 2.60. The van der Waals surface area contributed by atoms with E-state index in [1.165, 1.54) is 24.0 Å². The number of piperidine rings is 1. The van der Waals surface area contributed by atoms with Gasteiger partial charge in [-0.05, 0) is 59.9 Å². The molecule has 0 aromatic heterocycles. The Morgan fingerprint density at radius 1 is 0.975 bits per heavy atom. The predicted molar refractivity (Wildman–Crippen MR) is 155 cm³/mol. The molecule has 2 heterocycles. The zero-order valence-corrected chi connectivity index (χ0v) is 23.3. The zero-order chi connectivity index (χ0) is 27.1. The largest absolute Gasteiger partial charge is 0.486 e. The molecule has 2 aliphatic heterocycles. The third kappa shape index (κ3) is 4.29. The number of hydrogen-bond acceptors (Lipinski definition) is 5. The van der Waals surface area contributed by atoms with Crippen LogP contribution in [0.25, 0.3) is 0 Å². The number of benzene rings is 3. The lowest BCUT2D eigenvalue weighted by molar-refractivity contribution is -0.0137. The molecule has 4 aliphatic rings. The number of amides is 1. The second kappa shape index (κ2) is 10.4. The van der Waals surface area contributed by atoms with E-state index in [1.54, 1.807) is 0 Å². The van der Waals surface area contributed by atoms with Crippen LogP contribution in [0.4, 0.5) is 10.5 Å². The zero-order valence-electron chi connectivity index (χ0n) is 23.3. The Morgan fingerprint density at radius 2 is 1.73 bits per heavy atom. The van der Waals surface area contributed by atoms with Crippen LogP contribution in [0.1, 0.15) is 54.4 Å². The summed E-state index contributed by atoms with van der Waals surface area (Å²) < 4.78 is 18.7. The smallest absolute Gasteiger partial charge is 0.410 e. The van der Waals surface area contributed by atoms with Gasteiger partial charge in [0.1, 0.15) is 19.8 Å². The van der Waals surface area contributed by atoms with Crippen molar-refractivity contribution in [2.45, 2.75) is 63.2 Å². The number of likely N-dealkylation sites (tertiary alicyclic amines) is 1. The Bertz CT molecular complexity index is 1380. The third-order valence-corrected chi connectivity index (χ3v) is 9.77. The van der Waals surface area contributed by atoms with Crippen molar-refractivity contribution in [3.05, 3.63) is 89.0 Å². The number of carbonyl (C=O) groups excluding carboxylic acids is 1. The number of nitrogens with zero attached hydrogens (tertiary/aromatic N) is 2. The van der Waals surface area contributed by atoms with Crippen LogP contribution in [0.2, 0.25) is 0 Å². The summed E-state index contributed by atoms with van der Waals surface area (Å²) in [6, 6.07) is 22.8. The van der Waals surface area contributed by atoms with Gasteiger partial charge in [-0.3, -0.25) is 0 Å². The molecule has 7 rings (SSSR count). The first-order chi connectivity index (χ1) is 19.6. The summed E-state index contributed by atoms with van der Waals surface area (Å²) in [5, 5.41) is 0. The van der Waals surface area contributed by atoms with E-state index < -0.39 is 0 Å². The Morgan fingerprint density at radius 3 is 2.50 bits per heavy atom. The van der Waals surface area contributed by atoms with Crippen LogP contribution in [0.15, 0.2) is 66.7 Å². The fraction of sp³-hybridized carbons (Fsp3) is 0.441. The van der Waals surface area contributed by atoms with Gasteiger partial charge >= 0.3 is 6.09 Å². The minimum Gasteiger partial charge on any atom is -0.486 e. The van der Waals surface area contributed by atoms with Gasteiger partial charge in [0.2, 0.25) is 0 Å². The second-order valence-electron chi connectivity index (χ2n) is 11.9. The molecule has 1 saturated carbocycles. The molecule has 0 N–H and O–H groups in total. The summed E-state index contributed by atoms with van der Waals surface area (Å²) in [6.45, 7) is 3.03. The maximum Gasteiger partial charge on any atom is 0.410 e. The standard InChI is InChI=1S/C34H38N2O4/c1-35-18-19-38-32-30(39-22-24-10-4-2-5-11-24)21-28-26(31(32)35)20-29-27-14-8-9-15-34(27,28)16-17-36(29)33(37)40-23-25-12-6-3-7-13-25/h2-7,10-13,21,27,29H,8-9,14-20,22-23H2,1H3/t27?,29-,34-/m0/s1. The molecule has 2 aliphatic carbocycles. The number of rotatable bonds is 5. The Kier molecular flexibility index (Phi) is 6.57. The van der Waals surface area contributed by atoms with E-state index >= 15 is 0 Å². The predicted octanol–water partition coefficient (Wildman–Crippen LogP) is 6.49. The summed E-state index contributed by atoms with van der Waals surface area (Å²) in [5.41, 5.74) is 6.15. The van der Waals surface area contributed by atoms with Crippen molar-refractivity contribution < 1.29 is 19.0 Å². The van der Waals surface area contributed by atoms with E-state index in [0.717, 1.165) is 67.1 Å². The highest BCUT2D eigenvalue weighted by molar-refractivity contribution is 5.75. The number of likely N-dealkylation sites (N-methyl/N-ethyl adjacent to an activating group) is 1. The Hall–Kier alpha value is -3.67. The highest BCUT2D eigenvalue weighted by Gasteiger charge is 2.56. The molecule has 0 spiro atoms. The number of anilines is 1. The minimum absolute atomic E-state index is 0.0604. The molecule has 6 heteroatoms. The van der Waals surface area contributed by atoms with Gasteiger partial charge < -0.3 is 24.0 Å². The fourth-order valence-electron chi connectivity index (χ4n) is 7.90. The summed E-state index contributed by atoms with van der Waals surface area (Å²) in [4.78, 5) is 17.9. The molecule has 40 heavy (non-hydrogen) atoms. The van der Waals surface area contributed by atoms with Crippen LogP contribution in [0.5, 0.6) is 11.5 Å². The van der Waals surface area contributed by atoms with Gasteiger partial charge in [0, 0.05) is 25.0 Å². The number of hydrogen-bond donors (Lipinski definition) is 0. The molecule has 1 saturated heterocycles. The lowest BCUT2D eigenvalue weighted by Gasteiger charge is -2.59. The Balaban J connectivity index is 1.25. The van der Waals surface area contributed by atoms with E-state index in [9.17, 15) is 4.79 Å². The average molecular weight is 539 g/mol. The maximum atomic E-state index is 13.5. The van der Waals surface area contributed by atoms with Crippen LogP contribution >= 0.6 is 0 Å². The topological polar surface area (TPSA) is 51.2 Å². The third-order valence-electron chi connectivity index (χ3n) is 9.77. The molecule has 3 aromatic carbocycles. The van der Waals surface area contributed by atoms with Crippen LogP contribution < -0.4 is 14.4 Å². The van der Waals surface area contributed by atoms with Gasteiger partial charge in [-0.25, -0.2) is 4.79 Å². The van der Waals surface area contributed by atoms with Crippen LogP contribution in [-0.4, -0.2) is 43.8 Å². The van der Waals surface area contributed by atoms with Gasteiger partial charge in [-0.1, -0.05) is 73.5 Å². The lowest BCUT2D eigenvalue weighted by Crippen LogP contribution is -2.62. The van der Waals surface area contributed by atoms with Crippen molar-refractivity contribution >= 4 is 11.8 Å². The molecule has 1 unspecified atom stereocenters. The van der Waals surface area contributed by atoms with Crippen LogP contribution in [0, 0.1) is 5.92 Å². The molecular formula is C34H38N2O4. The van der Waals surface area contributed by atoms with Crippen molar-refractivity contribution in [1.29, 1.82) is 0 Å². The number of ether oxygens (including phenoxy) is 3. The number of carbonyl (C=O) groups is 1. The normalized spacial score (nSPS) is 24.7. The van der Waals surface area contributed by atoms with Crippen molar-refractivity contribution in [3.63, 3.8) is 0 Å². The van der Waals surface area contributed by atoms with E-state index in [2.05, 4.69) is 47.2 Å². The molecule has 2 fully saturated rings. The van der Waals surface area contributed by atoms with Gasteiger partial charge in [-0.2, -0.15) is 0 Å². The summed E-state index contributed by atoms with van der Waals surface area (Å²) >= 11 is 0. The molecule has 2 bridgehead atoms. The van der Waals surface area contributed by atoms with E-state index in [0.29, 0.717) is 25.7 Å². The van der Waals surface area contributed by atoms with Crippen LogP contribution in [0.3, 0.4) is 0 Å². The molecular weight excluding hydrogens is 500 g/mol. The molecule has 0 radical (unpaired) electrons. The second-order valence-corrected chi connectivity index (χ2v) is 11.9. The first-order valence-corrected chi connectivity index (χ1v) is 14.8. The molecule has 3 aromatic rings. The monoisotopic (exact) mass is 538 g/mol. The quantitative estimate of drug-likeness (QED) is 0.372. The number of fused-ring (bicyclic) bond motifs is 3. The summed E-state index contributed by atoms with van der Waals surface area (Å²) in [7, 11) is 2.16. The van der Waals surface area contributed by atoms with Gasteiger partial charge in [0.15, 0.2) is 11.5 Å². The first kappa shape index (κ1) is 25.3. The highest BCUT2D eigenvalue weighted by atomic mass is 16.6. The SMILES string of the molecule is CN1CCOc2c(OCc3ccccc3)cc3c(c21)C[C@H]1C2CCCC[C@@]32CCN1C(=O)OCc1ccccc1. The Labute approximate surface area is 236 Å². The summed E-state index contributed by atoms with van der Waals surface area (Å²) in [5.74, 6) is 2.14. The van der Waals surface area contributed by atoms with Gasteiger partial charge in [-0.15, -0.1) is 0 Å². The van der Waals surface area contributed by atoms with E-state index in [1.807, 2.05) is 36.4 Å². The van der Waals surface area contributed by atoms with Gasteiger partial charge in [0.05, 0.1) is 12.2 Å². The van der Waals surface area contributed by atoms with Crippen molar-refractivity contribution in [2.24, 2.45) is 5.92 Å². The van der Waals surface area contributed by atoms with Crippen molar-refractivity contribution in [2.75, 3.05) is 31.6 Å². The summed E-state index contributed by atoms with van der Waals surface area (Å²) in [6.07, 6.45) is 6.37. The van der Waals surface area contributed by atoms with Crippen molar-refractivity contribution in [1.82, 2.24) is 4.90 Å². The molecule has 3 atom stereocenters. The molecule has 6 nitrogen and oxygen atoms in total. The first-order valence-electron chi connectivity index (χ1n) is 14.8. The van der Waals surface area contributed by atoms with Crippen molar-refractivity contribution in [3.8, 4) is 11.5 Å². The lowest BCUT2D eigenvalue weighted by atomic mass is 9.52. The maximum absolute atomic E-state index is 13.5. The molecule has 208 valence electrons. The molecule has 1 amide bonds. The van der Waals surface area contributed by atoms with E-state index in [-0.39, 0.29) is 17.6 Å². The van der Waals surface area contributed by atoms with Gasteiger partial charge in [0.25, 0.3) is 0 Å².